The molecule has 1 aromatic carbocycles. The number of nitrogens with zero attached hydrogens (tertiary/aromatic N) is 1. The van der Waals surface area contributed by atoms with Crippen LogP contribution >= 0.6 is 0 Å². The van der Waals surface area contributed by atoms with Crippen molar-refractivity contribution in [3.8, 4) is 0 Å². The van der Waals surface area contributed by atoms with E-state index in [0.717, 1.165) is 37.3 Å². The smallest absolute Gasteiger partial charge is 0.407 e. The molecule has 4 N–H and O–H groups in total. The summed E-state index contributed by atoms with van der Waals surface area (Å²) in [4.78, 5) is 14.8. The Kier molecular flexibility index (Phi) is 4.28. The topological polar surface area (TPSA) is 82.3 Å². The van der Waals surface area contributed by atoms with E-state index in [-0.39, 0.29) is 0 Å². The largest absolute Gasteiger partial charge is 0.465 e. The van der Waals surface area contributed by atoms with Crippen molar-refractivity contribution in [1.29, 1.82) is 0 Å². The van der Waals surface area contributed by atoms with Crippen molar-refractivity contribution < 1.29 is 9.90 Å². The van der Waals surface area contributed by atoms with E-state index in [1.165, 1.54) is 16.7 Å². The van der Waals surface area contributed by atoms with Crippen LogP contribution in [-0.4, -0.2) is 34.2 Å². The zero-order valence-corrected chi connectivity index (χ0v) is 10.8. The lowest BCUT2D eigenvalue weighted by Crippen LogP contribution is -2.34. The lowest BCUT2D eigenvalue weighted by molar-refractivity contribution is 0.136. The third-order valence-electron chi connectivity index (χ3n) is 3.18. The molecule has 2 aromatic rings. The summed E-state index contributed by atoms with van der Waals surface area (Å²) in [6, 6.07) is 9.94. The van der Waals surface area contributed by atoms with Crippen molar-refractivity contribution in [3.05, 3.63) is 30.3 Å². The summed E-state index contributed by atoms with van der Waals surface area (Å²) in [6.07, 6.45) is 2.48. The van der Waals surface area contributed by atoms with Gasteiger partial charge in [0.2, 0.25) is 0 Å². The van der Waals surface area contributed by atoms with Crippen LogP contribution in [0.1, 0.15) is 19.3 Å². The van der Waals surface area contributed by atoms with Crippen molar-refractivity contribution in [2.24, 2.45) is 0 Å². The van der Waals surface area contributed by atoms with Gasteiger partial charge in [-0.15, -0.1) is 0 Å². The number of carboxylic acid groups (broad SMARTS) is 1. The quantitative estimate of drug-likeness (QED) is 0.682. The highest BCUT2D eigenvalue weighted by molar-refractivity contribution is 5.83. The zero-order chi connectivity index (χ0) is 13.7. The molecule has 1 aromatic heterocycles. The molecule has 5 heteroatoms. The first-order chi connectivity index (χ1) is 9.16. The molecule has 0 bridgehead atoms. The van der Waals surface area contributed by atoms with Gasteiger partial charge < -0.3 is 20.7 Å². The number of rotatable bonds is 0. The van der Waals surface area contributed by atoms with Gasteiger partial charge in [-0.3, -0.25) is 0 Å². The average molecular weight is 261 g/mol. The van der Waals surface area contributed by atoms with Crippen molar-refractivity contribution in [1.82, 2.24) is 9.88 Å². The van der Waals surface area contributed by atoms with Crippen molar-refractivity contribution in [3.63, 3.8) is 0 Å². The fraction of sp³-hybridized carbons (Fsp3) is 0.357. The van der Waals surface area contributed by atoms with Crippen LogP contribution in [0.4, 0.5) is 10.6 Å². The van der Waals surface area contributed by atoms with Gasteiger partial charge in [-0.2, -0.15) is 0 Å². The number of para-hydroxylation sites is 1. The van der Waals surface area contributed by atoms with Gasteiger partial charge in [0, 0.05) is 24.0 Å². The highest BCUT2D eigenvalue weighted by atomic mass is 16.4. The van der Waals surface area contributed by atoms with E-state index in [9.17, 15) is 4.79 Å². The molecule has 102 valence electrons. The third-order valence-corrected chi connectivity index (χ3v) is 3.18. The van der Waals surface area contributed by atoms with Crippen LogP contribution in [0.15, 0.2) is 30.3 Å². The first-order valence-electron chi connectivity index (χ1n) is 6.48. The highest BCUT2D eigenvalue weighted by Crippen LogP contribution is 2.14. The van der Waals surface area contributed by atoms with E-state index in [1.54, 1.807) is 0 Å². The maximum absolute atomic E-state index is 10.3. The number of aromatic amines is 1. The monoisotopic (exact) mass is 261 g/mol. The Morgan fingerprint density at radius 2 is 1.89 bits per heavy atom. The van der Waals surface area contributed by atoms with E-state index in [4.69, 9.17) is 10.8 Å². The second-order valence-corrected chi connectivity index (χ2v) is 4.64. The molecule has 1 amide bonds. The van der Waals surface area contributed by atoms with E-state index in [2.05, 4.69) is 4.98 Å². The molecule has 2 heterocycles. The number of nitrogens with two attached hydrogens (primary N) is 1. The first-order valence-corrected chi connectivity index (χ1v) is 6.48. The SMILES string of the molecule is Nc1cc2ccccc2[nH]1.O=C(O)N1CCCCC1. The molecule has 1 saturated heterocycles. The summed E-state index contributed by atoms with van der Waals surface area (Å²) >= 11 is 0. The Labute approximate surface area is 112 Å². The molecular formula is C14H19N3O2. The molecule has 19 heavy (non-hydrogen) atoms. The number of benzene rings is 1. The van der Waals surface area contributed by atoms with Crippen LogP contribution in [0.5, 0.6) is 0 Å². The van der Waals surface area contributed by atoms with Gasteiger partial charge in [0.15, 0.2) is 0 Å². The summed E-state index contributed by atoms with van der Waals surface area (Å²) < 4.78 is 0. The van der Waals surface area contributed by atoms with Crippen molar-refractivity contribution in [2.75, 3.05) is 18.8 Å². The Morgan fingerprint density at radius 3 is 2.47 bits per heavy atom. The zero-order valence-electron chi connectivity index (χ0n) is 10.8. The minimum Gasteiger partial charge on any atom is -0.465 e. The van der Waals surface area contributed by atoms with Crippen LogP contribution in [0, 0.1) is 0 Å². The minimum atomic E-state index is -0.769. The standard InChI is InChI=1S/C8H8N2.C6H11NO2/c9-8-5-6-3-1-2-4-7(6)10-8;8-6(9)7-4-2-1-3-5-7/h1-5,10H,9H2;1-5H2,(H,8,9). The second-order valence-electron chi connectivity index (χ2n) is 4.64. The number of H-pyrrole nitrogens is 1. The summed E-state index contributed by atoms with van der Waals surface area (Å²) in [6.45, 7) is 1.46. The molecule has 0 atom stereocenters. The normalized spacial score (nSPS) is 14.8. The molecular weight excluding hydrogens is 242 g/mol. The number of fused-ring (bicyclic) bond motifs is 1. The number of piperidine rings is 1. The van der Waals surface area contributed by atoms with Crippen LogP contribution in [-0.2, 0) is 0 Å². The fourth-order valence-electron chi connectivity index (χ4n) is 2.18. The molecule has 0 saturated carbocycles. The Bertz CT molecular complexity index is 511. The van der Waals surface area contributed by atoms with Gasteiger partial charge in [-0.1, -0.05) is 18.2 Å². The van der Waals surface area contributed by atoms with E-state index in [0.29, 0.717) is 0 Å². The molecule has 0 unspecified atom stereocenters. The minimum absolute atomic E-state index is 0.723. The molecule has 0 aliphatic carbocycles. The first kappa shape index (κ1) is 13.3. The number of carbonyl (C=O) groups is 1. The number of likely N-dealkylation sites (tertiary alicyclic amines) is 1. The van der Waals surface area contributed by atoms with E-state index >= 15 is 0 Å². The summed E-state index contributed by atoms with van der Waals surface area (Å²) in [5.74, 6) is 0.723. The number of aromatic nitrogens is 1. The Balaban J connectivity index is 0.000000141. The molecule has 0 radical (unpaired) electrons. The van der Waals surface area contributed by atoms with Crippen molar-refractivity contribution >= 4 is 22.8 Å². The number of amides is 1. The van der Waals surface area contributed by atoms with E-state index < -0.39 is 6.09 Å². The summed E-state index contributed by atoms with van der Waals surface area (Å²) in [5.41, 5.74) is 6.63. The average Bonchev–Trinajstić information content (AvgIpc) is 2.80. The maximum Gasteiger partial charge on any atom is 0.407 e. The van der Waals surface area contributed by atoms with Gasteiger partial charge >= 0.3 is 6.09 Å². The highest BCUT2D eigenvalue weighted by Gasteiger charge is 2.13. The molecule has 1 aliphatic rings. The number of nitrogens with one attached hydrogen (secondary N) is 1. The number of hydrogen-bond donors (Lipinski definition) is 3. The van der Waals surface area contributed by atoms with Crippen LogP contribution in [0.3, 0.4) is 0 Å². The Hall–Kier alpha value is -2.17. The summed E-state index contributed by atoms with van der Waals surface area (Å²) in [7, 11) is 0. The predicted octanol–water partition coefficient (Wildman–Crippen LogP) is 2.90. The van der Waals surface area contributed by atoms with Crippen LogP contribution in [0.2, 0.25) is 0 Å². The van der Waals surface area contributed by atoms with Gasteiger partial charge in [0.25, 0.3) is 0 Å². The number of nitrogen functional groups attached to an aromatic ring is 1. The second kappa shape index (κ2) is 6.13. The molecule has 5 nitrogen and oxygen atoms in total. The van der Waals surface area contributed by atoms with Crippen LogP contribution < -0.4 is 5.73 Å². The maximum atomic E-state index is 10.3. The van der Waals surface area contributed by atoms with Crippen molar-refractivity contribution in [2.45, 2.75) is 19.3 Å². The van der Waals surface area contributed by atoms with E-state index in [1.807, 2.05) is 30.3 Å². The molecule has 1 aliphatic heterocycles. The number of anilines is 1. The lowest BCUT2D eigenvalue weighted by atomic mass is 10.1. The third kappa shape index (κ3) is 3.64. The van der Waals surface area contributed by atoms with Gasteiger partial charge in [0.1, 0.15) is 5.82 Å². The molecule has 3 rings (SSSR count). The molecule has 0 spiro atoms. The fourth-order valence-corrected chi connectivity index (χ4v) is 2.18. The van der Waals surface area contributed by atoms with Gasteiger partial charge in [-0.25, -0.2) is 4.79 Å². The molecule has 1 fully saturated rings. The van der Waals surface area contributed by atoms with Gasteiger partial charge in [0.05, 0.1) is 0 Å². The number of hydrogen-bond acceptors (Lipinski definition) is 2. The predicted molar refractivity (Wildman–Crippen MR) is 76.2 cm³/mol. The lowest BCUT2D eigenvalue weighted by Gasteiger charge is -2.22. The van der Waals surface area contributed by atoms with Gasteiger partial charge in [-0.05, 0) is 31.4 Å². The van der Waals surface area contributed by atoms with Crippen LogP contribution in [0.25, 0.3) is 10.9 Å². The summed E-state index contributed by atoms with van der Waals surface area (Å²) in [5, 5.41) is 9.63. The Morgan fingerprint density at radius 1 is 1.21 bits per heavy atom.